The van der Waals surface area contributed by atoms with E-state index in [0.717, 1.165) is 48.5 Å². The van der Waals surface area contributed by atoms with E-state index < -0.39 is 27.7 Å². The van der Waals surface area contributed by atoms with Crippen molar-refractivity contribution in [1.82, 2.24) is 4.98 Å². The fourth-order valence-corrected chi connectivity index (χ4v) is 1.95. The molecule has 0 saturated heterocycles. The monoisotopic (exact) mass is 575 g/mol. The van der Waals surface area contributed by atoms with E-state index in [4.69, 9.17) is 5.73 Å². The Kier molecular flexibility index (Phi) is 20.9. The number of aromatic nitrogens is 1. The van der Waals surface area contributed by atoms with Crippen molar-refractivity contribution < 1.29 is 70.3 Å². The average Bonchev–Trinajstić information content (AvgIpc) is 2.80. The normalized spacial score (nSPS) is 8.22. The van der Waals surface area contributed by atoms with E-state index in [1.54, 1.807) is 18.3 Å². The maximum absolute atomic E-state index is 10.4. The first-order valence-corrected chi connectivity index (χ1v) is 8.64. The number of benzene rings is 2. The van der Waals surface area contributed by atoms with Gasteiger partial charge >= 0.3 is 19.5 Å². The molecule has 2 aromatic carbocycles. The van der Waals surface area contributed by atoms with Crippen LogP contribution in [0.3, 0.4) is 0 Å². The number of carbonyl (C=O) groups is 3. The van der Waals surface area contributed by atoms with Gasteiger partial charge in [0.1, 0.15) is 0 Å². The molecule has 0 fully saturated rings. The van der Waals surface area contributed by atoms with E-state index in [-0.39, 0.29) is 58.4 Å². The number of nitrogens with two attached hydrogens (primary N) is 1. The van der Waals surface area contributed by atoms with E-state index in [0.29, 0.717) is 5.56 Å². The van der Waals surface area contributed by atoms with Crippen molar-refractivity contribution >= 4 is 29.2 Å². The summed E-state index contributed by atoms with van der Waals surface area (Å²) < 4.78 is 0. The van der Waals surface area contributed by atoms with Crippen LogP contribution in [0.1, 0.15) is 31.1 Å². The molecule has 11 N–H and O–H groups in total. The molecular weight excluding hydrogens is 554 g/mol. The number of hydrogen-bond acceptors (Lipinski definition) is 10. The number of amides is 1. The summed E-state index contributed by atoms with van der Waals surface area (Å²) in [4.78, 5) is 53.5. The molecule has 1 amide bonds. The molecule has 0 aliphatic rings. The minimum atomic E-state index is -1.34. The number of aromatic carboxylic acids is 2. The Labute approximate surface area is 220 Å². The van der Waals surface area contributed by atoms with Crippen LogP contribution in [-0.4, -0.2) is 32.7 Å². The van der Waals surface area contributed by atoms with E-state index in [9.17, 15) is 44.8 Å². The van der Waals surface area contributed by atoms with Gasteiger partial charge in [0, 0.05) is 36.7 Å². The molecule has 0 radical (unpaired) electrons. The Bertz CT molecular complexity index is 1010. The van der Waals surface area contributed by atoms with Gasteiger partial charge in [0.25, 0.3) is 11.4 Å². The predicted molar refractivity (Wildman–Crippen MR) is 122 cm³/mol. The molecule has 194 valence electrons. The van der Waals surface area contributed by atoms with E-state index in [2.05, 4.69) is 4.98 Å². The smallest absolute Gasteiger partial charge is 0.545 e. The molecule has 0 bridgehead atoms. The fourth-order valence-electron chi connectivity index (χ4n) is 1.95. The first-order chi connectivity index (χ1) is 15.5. The Morgan fingerprint density at radius 2 is 1.03 bits per heavy atom. The topological polar surface area (TPSA) is 322 Å². The van der Waals surface area contributed by atoms with Gasteiger partial charge in [0.05, 0.1) is 27.3 Å². The van der Waals surface area contributed by atoms with Crippen LogP contribution in [0, 0.1) is 20.2 Å². The second-order valence-corrected chi connectivity index (χ2v) is 5.79. The quantitative estimate of drug-likeness (QED) is 0.142. The number of primary amides is 1. The maximum atomic E-state index is 10.4. The molecule has 0 aliphatic carbocycles. The number of rotatable bonds is 5. The Morgan fingerprint density at radius 1 is 0.676 bits per heavy atom. The number of carboxylic acids is 2. The van der Waals surface area contributed by atoms with Crippen LogP contribution in [0.15, 0.2) is 73.1 Å². The second-order valence-electron chi connectivity index (χ2n) is 5.79. The van der Waals surface area contributed by atoms with Gasteiger partial charge in [0.2, 0.25) is 5.91 Å². The number of nitro benzene ring substituents is 2. The maximum Gasteiger partial charge on any atom is 2.00 e. The SMILES string of the molecule is NC(=O)c1cccnc1.O=C([O-])c1ccc([N+](=O)[O-])cc1.O=C([O-])c1ccc([N+](=O)[O-])cc1.[OH3+].[OH3+].[OH3+].[Zn+2]. The van der Waals surface area contributed by atoms with Gasteiger partial charge < -0.3 is 42.0 Å². The molecular formula is C20H23N4O12Zn+3. The first-order valence-electron chi connectivity index (χ1n) is 8.64. The van der Waals surface area contributed by atoms with Crippen molar-refractivity contribution in [2.75, 3.05) is 0 Å². The van der Waals surface area contributed by atoms with Crippen LogP contribution in [0.2, 0.25) is 0 Å². The second kappa shape index (κ2) is 19.6. The van der Waals surface area contributed by atoms with Gasteiger partial charge in [-0.05, 0) is 47.5 Å². The molecule has 0 aliphatic heterocycles. The number of nitro groups is 2. The Hall–Kier alpha value is -4.70. The van der Waals surface area contributed by atoms with E-state index >= 15 is 0 Å². The van der Waals surface area contributed by atoms with Crippen molar-refractivity contribution in [2.45, 2.75) is 0 Å². The number of non-ortho nitro benzene ring substituents is 2. The van der Waals surface area contributed by atoms with Crippen LogP contribution in [0.4, 0.5) is 11.4 Å². The largest absolute Gasteiger partial charge is 2.00 e. The molecule has 37 heavy (non-hydrogen) atoms. The summed E-state index contributed by atoms with van der Waals surface area (Å²) in [6.45, 7) is 0. The summed E-state index contributed by atoms with van der Waals surface area (Å²) in [7, 11) is 0. The predicted octanol–water partition coefficient (Wildman–Crippen LogP) is -2.67. The molecule has 1 aromatic heterocycles. The summed E-state index contributed by atoms with van der Waals surface area (Å²) in [6, 6.07) is 12.3. The van der Waals surface area contributed by atoms with Gasteiger partial charge in [0.15, 0.2) is 0 Å². The van der Waals surface area contributed by atoms with Crippen molar-refractivity contribution in [2.24, 2.45) is 5.73 Å². The average molecular weight is 577 g/mol. The Balaban J connectivity index is -0.000000211. The first kappa shape index (κ1) is 39.5. The van der Waals surface area contributed by atoms with Crippen molar-refractivity contribution in [3.8, 4) is 0 Å². The molecule has 1 heterocycles. The van der Waals surface area contributed by atoms with Gasteiger partial charge in [-0.3, -0.25) is 30.0 Å². The molecule has 16 nitrogen and oxygen atoms in total. The number of carboxylic acid groups (broad SMARTS) is 2. The third-order valence-electron chi connectivity index (χ3n) is 3.57. The molecule has 0 atom stereocenters. The van der Waals surface area contributed by atoms with Crippen molar-refractivity contribution in [3.63, 3.8) is 0 Å². The van der Waals surface area contributed by atoms with Crippen LogP contribution in [0.25, 0.3) is 0 Å². The van der Waals surface area contributed by atoms with Crippen LogP contribution < -0.4 is 15.9 Å². The summed E-state index contributed by atoms with van der Waals surface area (Å²) in [5.41, 5.74) is 4.96. The minimum Gasteiger partial charge on any atom is -0.545 e. The molecule has 17 heteroatoms. The molecule has 3 rings (SSSR count). The van der Waals surface area contributed by atoms with E-state index in [1.807, 2.05) is 0 Å². The Morgan fingerprint density at radius 3 is 1.22 bits per heavy atom. The standard InChI is InChI=1S/2C7H5NO4.C6H6N2O.3H2O.Zn/c2*9-7(10)5-1-3-6(4-2-5)8(11)12;7-6(9)5-2-1-3-8-4-5;;;;/h2*1-4H,(H,9,10);1-4H,(H2,7,9);3*1H2;/q;;;;;;+2/p+1. The van der Waals surface area contributed by atoms with Crippen LogP contribution in [-0.2, 0) is 35.9 Å². The fraction of sp³-hybridized carbons (Fsp3) is 0. The molecule has 3 aromatic rings. The zero-order chi connectivity index (χ0) is 25.0. The number of carbonyl (C=O) groups excluding carboxylic acids is 3. The van der Waals surface area contributed by atoms with Gasteiger partial charge in [-0.25, -0.2) is 0 Å². The molecule has 0 saturated carbocycles. The zero-order valence-corrected chi connectivity index (χ0v) is 21.9. The molecule has 0 spiro atoms. The number of hydrogen-bond donors (Lipinski definition) is 1. The molecule has 0 unspecified atom stereocenters. The van der Waals surface area contributed by atoms with E-state index in [1.165, 1.54) is 6.20 Å². The summed E-state index contributed by atoms with van der Waals surface area (Å²) >= 11 is 0. The van der Waals surface area contributed by atoms with Crippen molar-refractivity contribution in [3.05, 3.63) is 110 Å². The summed E-state index contributed by atoms with van der Waals surface area (Å²) in [5, 5.41) is 40.7. The summed E-state index contributed by atoms with van der Waals surface area (Å²) in [6.07, 6.45) is 3.02. The number of nitrogens with zero attached hydrogens (tertiary/aromatic N) is 3. The van der Waals surface area contributed by atoms with Crippen molar-refractivity contribution in [1.29, 1.82) is 0 Å². The van der Waals surface area contributed by atoms with Gasteiger partial charge in [-0.15, -0.1) is 0 Å². The minimum absolute atomic E-state index is 0. The van der Waals surface area contributed by atoms with Gasteiger partial charge in [-0.2, -0.15) is 0 Å². The number of pyridine rings is 1. The van der Waals surface area contributed by atoms with Gasteiger partial charge in [-0.1, -0.05) is 0 Å². The summed E-state index contributed by atoms with van der Waals surface area (Å²) in [5.74, 6) is -3.13. The third kappa shape index (κ3) is 14.3. The van der Waals surface area contributed by atoms with Crippen LogP contribution >= 0.6 is 0 Å². The zero-order valence-electron chi connectivity index (χ0n) is 19.0. The third-order valence-corrected chi connectivity index (χ3v) is 3.57. The van der Waals surface area contributed by atoms with Crippen LogP contribution in [0.5, 0.6) is 0 Å².